The van der Waals surface area contributed by atoms with Crippen LogP contribution in [0.25, 0.3) is 0 Å². The Kier molecular flexibility index (Phi) is 2.52. The molecule has 0 saturated carbocycles. The maximum absolute atomic E-state index is 5.63. The summed E-state index contributed by atoms with van der Waals surface area (Å²) in [6.07, 6.45) is 1.56. The molecule has 1 aromatic heterocycles. The molecule has 0 aliphatic heterocycles. The van der Waals surface area contributed by atoms with Crippen molar-refractivity contribution in [2.75, 3.05) is 19.0 Å². The molecule has 0 unspecified atom stereocenters. The van der Waals surface area contributed by atoms with Crippen LogP contribution in [0.1, 0.15) is 0 Å². The molecule has 1 heterocycles. The first-order valence-electron chi connectivity index (χ1n) is 2.96. The highest BCUT2D eigenvalue weighted by molar-refractivity contribution is 6.40. The van der Waals surface area contributed by atoms with Crippen LogP contribution >= 0.6 is 23.2 Å². The van der Waals surface area contributed by atoms with Gasteiger partial charge in [0.05, 0.1) is 6.20 Å². The second-order valence-corrected chi connectivity index (χ2v) is 2.92. The standard InChI is InChI=1S/C6H7Cl2N3/c1-11(2)4-3-9-5(7)6(8)10-4/h3H,1-2H3. The quantitative estimate of drug-likeness (QED) is 0.679. The van der Waals surface area contributed by atoms with Gasteiger partial charge in [-0.2, -0.15) is 0 Å². The van der Waals surface area contributed by atoms with Crippen LogP contribution in [-0.4, -0.2) is 24.1 Å². The highest BCUT2D eigenvalue weighted by Crippen LogP contribution is 2.18. The molecule has 0 atom stereocenters. The minimum atomic E-state index is 0.234. The minimum absolute atomic E-state index is 0.234. The lowest BCUT2D eigenvalue weighted by Gasteiger charge is -2.09. The van der Waals surface area contributed by atoms with E-state index in [1.807, 2.05) is 14.1 Å². The Hall–Kier alpha value is -0.540. The van der Waals surface area contributed by atoms with E-state index in [0.29, 0.717) is 5.82 Å². The van der Waals surface area contributed by atoms with E-state index in [4.69, 9.17) is 23.2 Å². The second-order valence-electron chi connectivity index (χ2n) is 2.20. The van der Waals surface area contributed by atoms with Crippen LogP contribution in [0.5, 0.6) is 0 Å². The van der Waals surface area contributed by atoms with Crippen LogP contribution in [-0.2, 0) is 0 Å². The van der Waals surface area contributed by atoms with Crippen molar-refractivity contribution in [3.63, 3.8) is 0 Å². The first-order chi connectivity index (χ1) is 5.11. The first kappa shape index (κ1) is 8.56. The molecule has 0 amide bonds. The summed E-state index contributed by atoms with van der Waals surface area (Å²) in [6, 6.07) is 0. The lowest BCUT2D eigenvalue weighted by atomic mass is 10.6. The fourth-order valence-electron chi connectivity index (χ4n) is 0.559. The predicted molar refractivity (Wildman–Crippen MR) is 46.4 cm³/mol. The Bertz CT molecular complexity index is 262. The summed E-state index contributed by atoms with van der Waals surface area (Å²) in [4.78, 5) is 9.60. The fourth-order valence-corrected chi connectivity index (χ4v) is 0.785. The van der Waals surface area contributed by atoms with Crippen molar-refractivity contribution in [3.8, 4) is 0 Å². The highest BCUT2D eigenvalue weighted by Gasteiger charge is 2.02. The number of halogens is 2. The summed E-state index contributed by atoms with van der Waals surface area (Å²) >= 11 is 11.2. The van der Waals surface area contributed by atoms with Crippen LogP contribution in [0.2, 0.25) is 10.3 Å². The van der Waals surface area contributed by atoms with Crippen molar-refractivity contribution >= 4 is 29.0 Å². The van der Waals surface area contributed by atoms with Gasteiger partial charge in [0.2, 0.25) is 0 Å². The molecule has 0 N–H and O–H groups in total. The number of rotatable bonds is 1. The van der Waals surface area contributed by atoms with Gasteiger partial charge >= 0.3 is 0 Å². The smallest absolute Gasteiger partial charge is 0.168 e. The van der Waals surface area contributed by atoms with Gasteiger partial charge in [0.25, 0.3) is 0 Å². The average molecular weight is 192 g/mol. The van der Waals surface area contributed by atoms with E-state index >= 15 is 0 Å². The molecule has 0 bridgehead atoms. The molecule has 0 aliphatic rings. The van der Waals surface area contributed by atoms with Gasteiger partial charge in [0, 0.05) is 14.1 Å². The van der Waals surface area contributed by atoms with Gasteiger partial charge in [-0.25, -0.2) is 9.97 Å². The Morgan fingerprint density at radius 1 is 1.27 bits per heavy atom. The molecule has 0 radical (unpaired) electrons. The topological polar surface area (TPSA) is 29.0 Å². The zero-order valence-corrected chi connectivity index (χ0v) is 7.69. The number of anilines is 1. The molecule has 11 heavy (non-hydrogen) atoms. The molecule has 5 heteroatoms. The predicted octanol–water partition coefficient (Wildman–Crippen LogP) is 1.85. The molecule has 1 aromatic rings. The normalized spacial score (nSPS) is 9.82. The van der Waals surface area contributed by atoms with E-state index in [1.165, 1.54) is 0 Å². The molecule has 0 spiro atoms. The van der Waals surface area contributed by atoms with Gasteiger partial charge in [-0.05, 0) is 0 Å². The van der Waals surface area contributed by atoms with Gasteiger partial charge in [-0.1, -0.05) is 23.2 Å². The summed E-state index contributed by atoms with van der Waals surface area (Å²) in [6.45, 7) is 0. The zero-order chi connectivity index (χ0) is 8.43. The van der Waals surface area contributed by atoms with Gasteiger partial charge < -0.3 is 4.90 Å². The summed E-state index contributed by atoms with van der Waals surface area (Å²) in [5.74, 6) is 0.694. The van der Waals surface area contributed by atoms with Gasteiger partial charge in [-0.15, -0.1) is 0 Å². The fraction of sp³-hybridized carbons (Fsp3) is 0.333. The van der Waals surface area contributed by atoms with Gasteiger partial charge in [0.1, 0.15) is 5.82 Å². The first-order valence-corrected chi connectivity index (χ1v) is 3.72. The molecule has 0 aromatic carbocycles. The second kappa shape index (κ2) is 3.24. The number of hydrogen-bond donors (Lipinski definition) is 0. The third-order valence-corrected chi connectivity index (χ3v) is 1.77. The van der Waals surface area contributed by atoms with Crippen LogP contribution in [0.3, 0.4) is 0 Å². The number of nitrogens with zero attached hydrogens (tertiary/aromatic N) is 3. The van der Waals surface area contributed by atoms with E-state index < -0.39 is 0 Å². The molecule has 60 valence electrons. The average Bonchev–Trinajstić information content (AvgIpc) is 1.94. The highest BCUT2D eigenvalue weighted by atomic mass is 35.5. The van der Waals surface area contributed by atoms with Crippen molar-refractivity contribution in [3.05, 3.63) is 16.5 Å². The van der Waals surface area contributed by atoms with Crippen LogP contribution in [0.4, 0.5) is 5.82 Å². The summed E-state index contributed by atoms with van der Waals surface area (Å²) in [5, 5.41) is 0.468. The molecule has 0 aliphatic carbocycles. The Labute approximate surface area is 75.0 Å². The van der Waals surface area contributed by atoms with E-state index in [-0.39, 0.29) is 10.3 Å². The molecular formula is C6H7Cl2N3. The zero-order valence-electron chi connectivity index (χ0n) is 6.17. The largest absolute Gasteiger partial charge is 0.361 e. The van der Waals surface area contributed by atoms with Crippen molar-refractivity contribution in [1.82, 2.24) is 9.97 Å². The number of aromatic nitrogens is 2. The Morgan fingerprint density at radius 3 is 2.36 bits per heavy atom. The van der Waals surface area contributed by atoms with E-state index in [0.717, 1.165) is 0 Å². The molecule has 0 saturated heterocycles. The van der Waals surface area contributed by atoms with Crippen LogP contribution in [0, 0.1) is 0 Å². The van der Waals surface area contributed by atoms with Gasteiger partial charge in [0.15, 0.2) is 10.3 Å². The van der Waals surface area contributed by atoms with Crippen molar-refractivity contribution in [1.29, 1.82) is 0 Å². The lowest BCUT2D eigenvalue weighted by Crippen LogP contribution is -2.10. The monoisotopic (exact) mass is 191 g/mol. The van der Waals surface area contributed by atoms with Gasteiger partial charge in [-0.3, -0.25) is 0 Å². The summed E-state index contributed by atoms with van der Waals surface area (Å²) < 4.78 is 0. The lowest BCUT2D eigenvalue weighted by molar-refractivity contribution is 1.04. The number of hydrogen-bond acceptors (Lipinski definition) is 3. The third kappa shape index (κ3) is 1.94. The third-order valence-electron chi connectivity index (χ3n) is 1.13. The Balaban J connectivity index is 3.05. The SMILES string of the molecule is CN(C)c1cnc(Cl)c(Cl)n1. The van der Waals surface area contributed by atoms with Crippen molar-refractivity contribution in [2.24, 2.45) is 0 Å². The summed E-state index contributed by atoms with van der Waals surface area (Å²) in [5.41, 5.74) is 0. The molecular weight excluding hydrogens is 185 g/mol. The molecule has 3 nitrogen and oxygen atoms in total. The Morgan fingerprint density at radius 2 is 1.91 bits per heavy atom. The maximum atomic E-state index is 5.63. The van der Waals surface area contributed by atoms with Crippen molar-refractivity contribution in [2.45, 2.75) is 0 Å². The molecule has 1 rings (SSSR count). The molecule has 0 fully saturated rings. The minimum Gasteiger partial charge on any atom is -0.361 e. The van der Waals surface area contributed by atoms with Crippen molar-refractivity contribution < 1.29 is 0 Å². The maximum Gasteiger partial charge on any atom is 0.168 e. The van der Waals surface area contributed by atoms with Crippen LogP contribution in [0.15, 0.2) is 6.20 Å². The van der Waals surface area contributed by atoms with E-state index in [1.54, 1.807) is 11.1 Å². The van der Waals surface area contributed by atoms with Crippen LogP contribution < -0.4 is 4.90 Å². The summed E-state index contributed by atoms with van der Waals surface area (Å²) in [7, 11) is 3.71. The van der Waals surface area contributed by atoms with E-state index in [2.05, 4.69) is 9.97 Å². The van der Waals surface area contributed by atoms with E-state index in [9.17, 15) is 0 Å².